The summed E-state index contributed by atoms with van der Waals surface area (Å²) in [5.74, 6) is -0.861. The summed E-state index contributed by atoms with van der Waals surface area (Å²) >= 11 is 0. The van der Waals surface area contributed by atoms with Crippen LogP contribution in [-0.2, 0) is 4.79 Å². The third-order valence-corrected chi connectivity index (χ3v) is 1.87. The van der Waals surface area contributed by atoms with E-state index in [1.165, 1.54) is 6.07 Å². The van der Waals surface area contributed by atoms with Crippen molar-refractivity contribution in [3.05, 3.63) is 18.2 Å². The third kappa shape index (κ3) is 1.69. The number of carboxylic acids is 1. The van der Waals surface area contributed by atoms with E-state index in [4.69, 9.17) is 9.84 Å². The molecule has 6 nitrogen and oxygen atoms in total. The van der Waals surface area contributed by atoms with Crippen LogP contribution in [0.2, 0.25) is 0 Å². The largest absolute Gasteiger partial charge is 0.506 e. The molecule has 15 heavy (non-hydrogen) atoms. The monoisotopic (exact) mass is 208 g/mol. The third-order valence-electron chi connectivity index (χ3n) is 1.87. The maximum atomic E-state index is 10.3. The molecule has 1 heterocycles. The minimum absolute atomic E-state index is 0.0465. The minimum Gasteiger partial charge on any atom is -0.506 e. The van der Waals surface area contributed by atoms with Gasteiger partial charge in [-0.25, -0.2) is 4.79 Å². The molecule has 1 aromatic heterocycles. The van der Waals surface area contributed by atoms with Gasteiger partial charge < -0.3 is 14.9 Å². The van der Waals surface area contributed by atoms with Crippen molar-refractivity contribution in [2.75, 3.05) is 6.61 Å². The molecule has 0 bridgehead atoms. The Kier molecular flexibility index (Phi) is 2.17. The molecule has 0 fully saturated rings. The molecule has 78 valence electrons. The van der Waals surface area contributed by atoms with Crippen molar-refractivity contribution < 1.29 is 19.7 Å². The Morgan fingerprint density at radius 3 is 3.07 bits per heavy atom. The van der Waals surface area contributed by atoms with Gasteiger partial charge in [-0.2, -0.15) is 0 Å². The number of benzene rings is 1. The summed E-state index contributed by atoms with van der Waals surface area (Å²) in [5, 5.41) is 24.7. The molecule has 2 rings (SSSR count). The summed E-state index contributed by atoms with van der Waals surface area (Å²) in [5.41, 5.74) is 0.429. The maximum absolute atomic E-state index is 10.3. The van der Waals surface area contributed by atoms with Crippen LogP contribution in [0.1, 0.15) is 0 Å². The van der Waals surface area contributed by atoms with E-state index >= 15 is 0 Å². The topological polar surface area (TPSA) is 95.4 Å². The lowest BCUT2D eigenvalue weighted by Gasteiger charge is -1.98. The number of aromatic nitrogens is 2. The van der Waals surface area contributed by atoms with Crippen LogP contribution in [0, 0.1) is 0 Å². The van der Waals surface area contributed by atoms with Crippen molar-refractivity contribution in [2.45, 2.75) is 0 Å². The molecular formula is C9H8N2O4. The van der Waals surface area contributed by atoms with Gasteiger partial charge in [-0.3, -0.25) is 5.10 Å². The quantitative estimate of drug-likeness (QED) is 0.691. The molecule has 0 amide bonds. The van der Waals surface area contributed by atoms with E-state index in [0.29, 0.717) is 10.9 Å². The zero-order valence-corrected chi connectivity index (χ0v) is 7.60. The number of carboxylic acid groups (broad SMARTS) is 1. The molecule has 0 aliphatic rings. The van der Waals surface area contributed by atoms with E-state index in [0.717, 1.165) is 0 Å². The fourth-order valence-corrected chi connectivity index (χ4v) is 1.24. The van der Waals surface area contributed by atoms with E-state index in [9.17, 15) is 9.90 Å². The first-order chi connectivity index (χ1) is 7.18. The van der Waals surface area contributed by atoms with Gasteiger partial charge in [0.2, 0.25) is 5.88 Å². The van der Waals surface area contributed by atoms with Crippen molar-refractivity contribution in [1.29, 1.82) is 0 Å². The smallest absolute Gasteiger partial charge is 0.341 e. The zero-order valence-electron chi connectivity index (χ0n) is 7.60. The molecule has 0 saturated heterocycles. The number of aliphatic carboxylic acids is 1. The van der Waals surface area contributed by atoms with Gasteiger partial charge >= 0.3 is 5.97 Å². The zero-order chi connectivity index (χ0) is 10.8. The first-order valence-electron chi connectivity index (χ1n) is 4.19. The van der Waals surface area contributed by atoms with Crippen molar-refractivity contribution in [2.24, 2.45) is 0 Å². The second kappa shape index (κ2) is 3.49. The number of nitrogens with zero attached hydrogens (tertiary/aromatic N) is 1. The standard InChI is InChI=1S/C9H8N2O4/c12-6-3-1-2-5-8(6)10-11-9(5)15-4-7(13)14/h1-3,12H,4H2,(H,10,11)(H,13,14). The molecule has 0 saturated carbocycles. The normalized spacial score (nSPS) is 10.4. The lowest BCUT2D eigenvalue weighted by Crippen LogP contribution is -2.09. The Bertz CT molecular complexity index is 506. The van der Waals surface area contributed by atoms with Gasteiger partial charge in [0.25, 0.3) is 0 Å². The highest BCUT2D eigenvalue weighted by Gasteiger charge is 2.10. The summed E-state index contributed by atoms with van der Waals surface area (Å²) in [6.07, 6.45) is 0. The Morgan fingerprint density at radius 1 is 1.53 bits per heavy atom. The number of fused-ring (bicyclic) bond motifs is 1. The number of ether oxygens (including phenoxy) is 1. The predicted molar refractivity (Wildman–Crippen MR) is 50.9 cm³/mol. The molecule has 0 spiro atoms. The highest BCUT2D eigenvalue weighted by atomic mass is 16.5. The Labute approximate surface area is 84.1 Å². The van der Waals surface area contributed by atoms with Crippen LogP contribution in [0.5, 0.6) is 11.6 Å². The second-order valence-electron chi connectivity index (χ2n) is 2.91. The number of hydrogen-bond donors (Lipinski definition) is 3. The van der Waals surface area contributed by atoms with Gasteiger partial charge in [-0.15, -0.1) is 5.10 Å². The molecule has 0 unspecified atom stereocenters. The van der Waals surface area contributed by atoms with Gasteiger partial charge in [-0.1, -0.05) is 6.07 Å². The van der Waals surface area contributed by atoms with Crippen LogP contribution in [-0.4, -0.2) is 33.0 Å². The molecule has 0 atom stereocenters. The summed E-state index contributed by atoms with van der Waals surface area (Å²) < 4.78 is 4.92. The number of phenolic OH excluding ortho intramolecular Hbond substituents is 1. The summed E-state index contributed by atoms with van der Waals surface area (Å²) in [6.45, 7) is -0.463. The molecule has 6 heteroatoms. The van der Waals surface area contributed by atoms with Crippen molar-refractivity contribution in [1.82, 2.24) is 10.2 Å². The van der Waals surface area contributed by atoms with Crippen LogP contribution in [0.3, 0.4) is 0 Å². The van der Waals surface area contributed by atoms with Gasteiger partial charge in [-0.05, 0) is 12.1 Å². The number of aromatic amines is 1. The SMILES string of the molecule is O=C(O)COc1n[nH]c2c(O)cccc12. The maximum Gasteiger partial charge on any atom is 0.341 e. The van der Waals surface area contributed by atoms with Gasteiger partial charge in [0.15, 0.2) is 6.61 Å². The van der Waals surface area contributed by atoms with E-state index in [2.05, 4.69) is 10.2 Å². The van der Waals surface area contributed by atoms with Gasteiger partial charge in [0, 0.05) is 0 Å². The first kappa shape index (κ1) is 9.32. The second-order valence-corrected chi connectivity index (χ2v) is 2.91. The van der Waals surface area contributed by atoms with E-state index < -0.39 is 12.6 Å². The molecule has 1 aromatic carbocycles. The molecular weight excluding hydrogens is 200 g/mol. The lowest BCUT2D eigenvalue weighted by molar-refractivity contribution is -0.139. The van der Waals surface area contributed by atoms with Crippen LogP contribution in [0.4, 0.5) is 0 Å². The summed E-state index contributed by atoms with van der Waals surface area (Å²) in [4.78, 5) is 10.3. The Balaban J connectivity index is 2.37. The Morgan fingerprint density at radius 2 is 2.33 bits per heavy atom. The molecule has 0 aliphatic carbocycles. The Hall–Kier alpha value is -2.24. The molecule has 0 aliphatic heterocycles. The lowest BCUT2D eigenvalue weighted by atomic mass is 10.2. The van der Waals surface area contributed by atoms with Crippen LogP contribution in [0.15, 0.2) is 18.2 Å². The average molecular weight is 208 g/mol. The molecule has 2 aromatic rings. The average Bonchev–Trinajstić information content (AvgIpc) is 2.59. The number of phenols is 1. The van der Waals surface area contributed by atoms with Crippen molar-refractivity contribution in [3.8, 4) is 11.6 Å². The molecule has 0 radical (unpaired) electrons. The fraction of sp³-hybridized carbons (Fsp3) is 0.111. The summed E-state index contributed by atoms with van der Waals surface area (Å²) in [6, 6.07) is 4.80. The number of nitrogens with one attached hydrogen (secondary N) is 1. The number of aromatic hydroxyl groups is 1. The predicted octanol–water partition coefficient (Wildman–Crippen LogP) is 0.732. The summed E-state index contributed by atoms with van der Waals surface area (Å²) in [7, 11) is 0. The van der Waals surface area contributed by atoms with E-state index in [1.54, 1.807) is 12.1 Å². The minimum atomic E-state index is -1.08. The van der Waals surface area contributed by atoms with Gasteiger partial charge in [0.05, 0.1) is 5.39 Å². The number of H-pyrrole nitrogens is 1. The number of para-hydroxylation sites is 1. The van der Waals surface area contributed by atoms with Crippen LogP contribution < -0.4 is 4.74 Å². The van der Waals surface area contributed by atoms with Crippen molar-refractivity contribution in [3.63, 3.8) is 0 Å². The van der Waals surface area contributed by atoms with E-state index in [-0.39, 0.29) is 11.6 Å². The van der Waals surface area contributed by atoms with Crippen molar-refractivity contribution >= 4 is 16.9 Å². The number of rotatable bonds is 3. The number of carbonyl (C=O) groups is 1. The van der Waals surface area contributed by atoms with E-state index in [1.807, 2.05) is 0 Å². The van der Waals surface area contributed by atoms with Crippen LogP contribution in [0.25, 0.3) is 10.9 Å². The first-order valence-corrected chi connectivity index (χ1v) is 4.19. The van der Waals surface area contributed by atoms with Crippen LogP contribution >= 0.6 is 0 Å². The highest BCUT2D eigenvalue weighted by Crippen LogP contribution is 2.28. The number of hydrogen-bond acceptors (Lipinski definition) is 4. The fourth-order valence-electron chi connectivity index (χ4n) is 1.24. The van der Waals surface area contributed by atoms with Gasteiger partial charge in [0.1, 0.15) is 11.3 Å². The highest BCUT2D eigenvalue weighted by molar-refractivity contribution is 5.88. The molecule has 3 N–H and O–H groups in total.